The van der Waals surface area contributed by atoms with Crippen molar-refractivity contribution in [2.75, 3.05) is 24.9 Å². The van der Waals surface area contributed by atoms with E-state index in [0.29, 0.717) is 16.9 Å². The number of carbonyl (C=O) groups excluding carboxylic acids is 3. The molecule has 0 saturated carbocycles. The Labute approximate surface area is 163 Å². The van der Waals surface area contributed by atoms with Crippen molar-refractivity contribution in [2.24, 2.45) is 0 Å². The van der Waals surface area contributed by atoms with E-state index in [4.69, 9.17) is 0 Å². The van der Waals surface area contributed by atoms with E-state index in [0.717, 1.165) is 17.2 Å². The van der Waals surface area contributed by atoms with E-state index in [1.54, 1.807) is 24.3 Å². The first-order chi connectivity index (χ1) is 13.3. The highest BCUT2D eigenvalue weighted by Crippen LogP contribution is 2.18. The molecule has 7 nitrogen and oxygen atoms in total. The molecule has 0 bridgehead atoms. The van der Waals surface area contributed by atoms with Gasteiger partial charge in [-0.2, -0.15) is 0 Å². The molecule has 0 heterocycles. The van der Waals surface area contributed by atoms with Gasteiger partial charge in [-0.1, -0.05) is 12.1 Å². The third kappa shape index (κ3) is 5.70. The maximum Gasteiger partial charge on any atom is 0.354 e. The highest BCUT2D eigenvalue weighted by molar-refractivity contribution is 6.05. The number of benzene rings is 2. The molecule has 28 heavy (non-hydrogen) atoms. The summed E-state index contributed by atoms with van der Waals surface area (Å²) >= 11 is 0. The van der Waals surface area contributed by atoms with Gasteiger partial charge >= 0.3 is 11.9 Å². The molecule has 0 saturated heterocycles. The maximum atomic E-state index is 12.6. The molecule has 2 aromatic rings. The second-order valence-corrected chi connectivity index (χ2v) is 6.11. The van der Waals surface area contributed by atoms with Gasteiger partial charge in [-0.05, 0) is 55.3 Å². The molecule has 2 N–H and O–H groups in total. The number of anilines is 2. The summed E-state index contributed by atoms with van der Waals surface area (Å²) in [6, 6.07) is 12.3. The van der Waals surface area contributed by atoms with Gasteiger partial charge in [0.05, 0.1) is 20.3 Å². The first-order valence-electron chi connectivity index (χ1n) is 8.47. The Hall–Kier alpha value is -3.61. The van der Waals surface area contributed by atoms with Crippen LogP contribution in [-0.2, 0) is 19.1 Å². The van der Waals surface area contributed by atoms with Gasteiger partial charge in [-0.25, -0.2) is 9.59 Å². The summed E-state index contributed by atoms with van der Waals surface area (Å²) in [5.74, 6) is -1.75. The molecule has 0 aliphatic rings. The number of methoxy groups -OCH3 is 2. The van der Waals surface area contributed by atoms with Gasteiger partial charge < -0.3 is 20.1 Å². The molecule has 146 valence electrons. The molecule has 0 aliphatic carbocycles. The predicted octanol–water partition coefficient (Wildman–Crippen LogP) is 3.20. The van der Waals surface area contributed by atoms with Crippen LogP contribution in [0.1, 0.15) is 21.5 Å². The van der Waals surface area contributed by atoms with E-state index >= 15 is 0 Å². The lowest BCUT2D eigenvalue weighted by molar-refractivity contribution is -0.138. The second kappa shape index (κ2) is 9.36. The standard InChI is InChI=1S/C21H22N2O5/c1-13-8-14(2)10-17(9-13)23-20(25)15-6-5-7-16(11-15)22-18(21(26)28-4)12-19(24)27-3/h5-12,22H,1-4H3,(H,23,25)/b18-12+. The number of ether oxygens (including phenoxy) is 2. The van der Waals surface area contributed by atoms with E-state index in [2.05, 4.69) is 20.1 Å². The zero-order valence-electron chi connectivity index (χ0n) is 16.2. The van der Waals surface area contributed by atoms with Crippen molar-refractivity contribution < 1.29 is 23.9 Å². The van der Waals surface area contributed by atoms with E-state index in [1.165, 1.54) is 14.2 Å². The van der Waals surface area contributed by atoms with Crippen molar-refractivity contribution in [2.45, 2.75) is 13.8 Å². The number of hydrogen-bond acceptors (Lipinski definition) is 6. The summed E-state index contributed by atoms with van der Waals surface area (Å²) in [6.07, 6.45) is 0.980. The Morgan fingerprint density at radius 3 is 2.14 bits per heavy atom. The smallest absolute Gasteiger partial charge is 0.354 e. The molecule has 0 spiro atoms. The van der Waals surface area contributed by atoms with Gasteiger partial charge in [0.2, 0.25) is 0 Å². The lowest BCUT2D eigenvalue weighted by Crippen LogP contribution is -2.16. The van der Waals surface area contributed by atoms with E-state index in [-0.39, 0.29) is 11.6 Å². The van der Waals surface area contributed by atoms with Crippen LogP contribution >= 0.6 is 0 Å². The molecule has 0 atom stereocenters. The van der Waals surface area contributed by atoms with Crippen LogP contribution in [0.4, 0.5) is 11.4 Å². The van der Waals surface area contributed by atoms with Gasteiger partial charge in [-0.15, -0.1) is 0 Å². The minimum absolute atomic E-state index is 0.110. The summed E-state index contributed by atoms with van der Waals surface area (Å²) in [4.78, 5) is 35.9. The number of nitrogens with one attached hydrogen (secondary N) is 2. The average molecular weight is 382 g/mol. The average Bonchev–Trinajstić information content (AvgIpc) is 2.66. The van der Waals surface area contributed by atoms with Crippen LogP contribution in [0.2, 0.25) is 0 Å². The highest BCUT2D eigenvalue weighted by Gasteiger charge is 2.14. The van der Waals surface area contributed by atoms with Crippen molar-refractivity contribution >= 4 is 29.2 Å². The van der Waals surface area contributed by atoms with Crippen LogP contribution in [0.3, 0.4) is 0 Å². The summed E-state index contributed by atoms with van der Waals surface area (Å²) < 4.78 is 9.19. The van der Waals surface area contributed by atoms with Crippen LogP contribution in [0.15, 0.2) is 54.2 Å². The molecule has 0 aromatic heterocycles. The third-order valence-electron chi connectivity index (χ3n) is 3.75. The SMILES string of the molecule is COC(=O)/C=C(/Nc1cccc(C(=O)Nc2cc(C)cc(C)c2)c1)C(=O)OC. The lowest BCUT2D eigenvalue weighted by Gasteiger charge is -2.11. The Kier molecular flexibility index (Phi) is 6.92. The summed E-state index contributed by atoms with van der Waals surface area (Å²) in [5, 5.41) is 5.63. The van der Waals surface area contributed by atoms with E-state index in [9.17, 15) is 14.4 Å². The van der Waals surface area contributed by atoms with Gasteiger partial charge in [0.15, 0.2) is 0 Å². The first kappa shape index (κ1) is 20.7. The molecule has 2 aromatic carbocycles. The third-order valence-corrected chi connectivity index (χ3v) is 3.75. The zero-order valence-corrected chi connectivity index (χ0v) is 16.2. The topological polar surface area (TPSA) is 93.7 Å². The van der Waals surface area contributed by atoms with Crippen LogP contribution in [0, 0.1) is 13.8 Å². The molecule has 2 rings (SSSR count). The predicted molar refractivity (Wildman–Crippen MR) is 106 cm³/mol. The van der Waals surface area contributed by atoms with Gasteiger partial charge in [0.25, 0.3) is 5.91 Å². The molecular weight excluding hydrogens is 360 g/mol. The molecule has 0 fully saturated rings. The number of aryl methyl sites for hydroxylation is 2. The van der Waals surface area contributed by atoms with Crippen molar-refractivity contribution in [1.29, 1.82) is 0 Å². The molecule has 7 heteroatoms. The summed E-state index contributed by atoms with van der Waals surface area (Å²) in [6.45, 7) is 3.91. The lowest BCUT2D eigenvalue weighted by atomic mass is 10.1. The Balaban J connectivity index is 2.22. The minimum Gasteiger partial charge on any atom is -0.466 e. The molecule has 0 unspecified atom stereocenters. The molecule has 1 amide bonds. The molecule has 0 aliphatic heterocycles. The Morgan fingerprint density at radius 1 is 0.857 bits per heavy atom. The first-order valence-corrected chi connectivity index (χ1v) is 8.47. The summed E-state index contributed by atoms with van der Waals surface area (Å²) in [5.41, 5.74) is 3.49. The van der Waals surface area contributed by atoms with Gasteiger partial charge in [0.1, 0.15) is 5.70 Å². The largest absolute Gasteiger partial charge is 0.466 e. The van der Waals surface area contributed by atoms with Gasteiger partial charge in [0, 0.05) is 16.9 Å². The second-order valence-electron chi connectivity index (χ2n) is 6.11. The van der Waals surface area contributed by atoms with Crippen LogP contribution < -0.4 is 10.6 Å². The monoisotopic (exact) mass is 382 g/mol. The molecular formula is C21H22N2O5. The quantitative estimate of drug-likeness (QED) is 0.589. The van der Waals surface area contributed by atoms with E-state index < -0.39 is 11.9 Å². The van der Waals surface area contributed by atoms with Gasteiger partial charge in [-0.3, -0.25) is 4.79 Å². The zero-order chi connectivity index (χ0) is 20.7. The van der Waals surface area contributed by atoms with Crippen molar-refractivity contribution in [1.82, 2.24) is 0 Å². The fraction of sp³-hybridized carbons (Fsp3) is 0.190. The number of carbonyl (C=O) groups is 3. The normalized spacial score (nSPS) is 10.8. The van der Waals surface area contributed by atoms with Crippen molar-refractivity contribution in [3.05, 3.63) is 70.9 Å². The van der Waals surface area contributed by atoms with Crippen LogP contribution in [0.25, 0.3) is 0 Å². The Bertz CT molecular complexity index is 914. The summed E-state index contributed by atoms with van der Waals surface area (Å²) in [7, 11) is 2.40. The fourth-order valence-electron chi connectivity index (χ4n) is 2.58. The fourth-order valence-corrected chi connectivity index (χ4v) is 2.58. The maximum absolute atomic E-state index is 12.6. The molecule has 0 radical (unpaired) electrons. The minimum atomic E-state index is -0.740. The number of hydrogen-bond donors (Lipinski definition) is 2. The van der Waals surface area contributed by atoms with Crippen LogP contribution in [-0.4, -0.2) is 32.1 Å². The van der Waals surface area contributed by atoms with Crippen molar-refractivity contribution in [3.8, 4) is 0 Å². The van der Waals surface area contributed by atoms with Crippen molar-refractivity contribution in [3.63, 3.8) is 0 Å². The number of rotatable bonds is 6. The van der Waals surface area contributed by atoms with E-state index in [1.807, 2.05) is 32.0 Å². The Morgan fingerprint density at radius 2 is 1.54 bits per heavy atom. The number of esters is 2. The number of amides is 1. The highest BCUT2D eigenvalue weighted by atomic mass is 16.5. The van der Waals surface area contributed by atoms with Crippen LogP contribution in [0.5, 0.6) is 0 Å².